The second kappa shape index (κ2) is 22.2. The summed E-state index contributed by atoms with van der Waals surface area (Å²) in [4.78, 5) is 91.3. The van der Waals surface area contributed by atoms with E-state index in [-0.39, 0.29) is 30.3 Å². The zero-order valence-electron chi connectivity index (χ0n) is 31.1. The summed E-state index contributed by atoms with van der Waals surface area (Å²) < 4.78 is 42.7. The van der Waals surface area contributed by atoms with E-state index >= 15 is 0 Å². The average molecular weight is 763 g/mol. The first-order chi connectivity index (χ1) is 25.9. The van der Waals surface area contributed by atoms with Crippen molar-refractivity contribution in [1.82, 2.24) is 20.2 Å². The van der Waals surface area contributed by atoms with Crippen molar-refractivity contribution in [3.63, 3.8) is 0 Å². The van der Waals surface area contributed by atoms with Crippen molar-refractivity contribution in [2.75, 3.05) is 19.7 Å². The van der Waals surface area contributed by atoms with Crippen LogP contribution in [0.3, 0.4) is 0 Å². The molecule has 1 saturated heterocycles. The number of amides is 2. The molecule has 54 heavy (non-hydrogen) atoms. The number of halogens is 1. The lowest BCUT2D eigenvalue weighted by molar-refractivity contribution is -0.168. The number of hydrogen-bond donors (Lipinski definition) is 3. The highest BCUT2D eigenvalue weighted by atomic mass is 19.1. The summed E-state index contributed by atoms with van der Waals surface area (Å²) in [5.74, 6) is -4.85. The number of hydrogen-bond acceptors (Lipinski definition) is 12. The largest absolute Gasteiger partial charge is 0.508 e. The van der Waals surface area contributed by atoms with Crippen molar-refractivity contribution >= 4 is 29.9 Å². The molecule has 3 rings (SSSR count). The lowest BCUT2D eigenvalue weighted by Crippen LogP contribution is -2.46. The predicted molar refractivity (Wildman–Crippen MR) is 190 cm³/mol. The molecule has 2 amide bonds. The van der Waals surface area contributed by atoms with Gasteiger partial charge in [0.15, 0.2) is 18.4 Å². The summed E-state index contributed by atoms with van der Waals surface area (Å²) in [6.07, 6.45) is -1.81. The zero-order chi connectivity index (χ0) is 39.6. The van der Waals surface area contributed by atoms with Crippen LogP contribution in [0.4, 0.5) is 9.18 Å². The van der Waals surface area contributed by atoms with Crippen LogP contribution in [0.15, 0.2) is 46.1 Å². The van der Waals surface area contributed by atoms with Crippen molar-refractivity contribution < 1.29 is 52.0 Å². The average Bonchev–Trinajstić information content (AvgIpc) is 3.48. The number of benzene rings is 1. The summed E-state index contributed by atoms with van der Waals surface area (Å²) >= 11 is 0. The second-order valence-corrected chi connectivity index (χ2v) is 12.9. The van der Waals surface area contributed by atoms with Gasteiger partial charge in [0.05, 0.1) is 6.20 Å². The Labute approximate surface area is 312 Å². The van der Waals surface area contributed by atoms with Crippen molar-refractivity contribution in [2.45, 2.75) is 110 Å². The van der Waals surface area contributed by atoms with Crippen molar-refractivity contribution in [1.29, 1.82) is 0 Å². The lowest BCUT2D eigenvalue weighted by atomic mass is 9.97. The third-order valence-corrected chi connectivity index (χ3v) is 8.69. The molecule has 0 unspecified atom stereocenters. The molecule has 0 aliphatic carbocycles. The molecule has 2 aromatic rings. The van der Waals surface area contributed by atoms with E-state index in [4.69, 9.17) is 23.7 Å². The molecule has 0 radical (unpaired) electrons. The van der Waals surface area contributed by atoms with Gasteiger partial charge in [0.1, 0.15) is 32.4 Å². The first kappa shape index (κ1) is 43.3. The SMILES string of the molecule is CCCC(CCC)C(=O)NCC(=O)O[C@@H]1[C@H](OC(=O)CNC(=O)C(CCC)CCC)[C@@H](COC(=O)OCc2ccccc2)O[C@H]1n1cc(F)c(=O)[nH]c1=O. The number of H-pyrrole nitrogens is 1. The van der Waals surface area contributed by atoms with Crippen LogP contribution in [0.5, 0.6) is 0 Å². The molecule has 2 heterocycles. The fourth-order valence-corrected chi connectivity index (χ4v) is 6.09. The minimum Gasteiger partial charge on any atom is -0.454 e. The van der Waals surface area contributed by atoms with Crippen molar-refractivity contribution in [3.8, 4) is 0 Å². The van der Waals surface area contributed by atoms with E-state index in [2.05, 4.69) is 10.6 Å². The number of rotatable bonds is 21. The number of aromatic nitrogens is 2. The van der Waals surface area contributed by atoms with E-state index in [0.29, 0.717) is 42.0 Å². The van der Waals surface area contributed by atoms with Gasteiger partial charge in [-0.25, -0.2) is 9.59 Å². The summed E-state index contributed by atoms with van der Waals surface area (Å²) in [5, 5.41) is 5.08. The van der Waals surface area contributed by atoms with Gasteiger partial charge in [-0.3, -0.25) is 33.5 Å². The van der Waals surface area contributed by atoms with Gasteiger partial charge in [-0.1, -0.05) is 83.7 Å². The molecule has 0 saturated carbocycles. The Bertz CT molecular complexity index is 1650. The topological polar surface area (TPSA) is 210 Å². The highest BCUT2D eigenvalue weighted by molar-refractivity contribution is 5.84. The maximum atomic E-state index is 14.5. The molecule has 1 aliphatic heterocycles. The quantitative estimate of drug-likeness (QED) is 0.123. The van der Waals surface area contributed by atoms with E-state index in [9.17, 15) is 38.0 Å². The molecule has 1 aromatic carbocycles. The minimum absolute atomic E-state index is 0.141. The van der Waals surface area contributed by atoms with Gasteiger partial charge in [0.25, 0.3) is 5.56 Å². The number of esters is 2. The smallest absolute Gasteiger partial charge is 0.454 e. The van der Waals surface area contributed by atoms with E-state index in [1.165, 1.54) is 0 Å². The van der Waals surface area contributed by atoms with Crippen LogP contribution in [0.2, 0.25) is 0 Å². The molecule has 16 nitrogen and oxygen atoms in total. The molecule has 17 heteroatoms. The monoisotopic (exact) mass is 762 g/mol. The van der Waals surface area contributed by atoms with Crippen LogP contribution in [0, 0.1) is 17.7 Å². The van der Waals surface area contributed by atoms with Crippen molar-refractivity contribution in [3.05, 3.63) is 68.7 Å². The number of ether oxygens (including phenoxy) is 5. The summed E-state index contributed by atoms with van der Waals surface area (Å²) in [6.45, 7) is 5.68. The van der Waals surface area contributed by atoms with E-state index < -0.39 is 79.4 Å². The third kappa shape index (κ3) is 13.1. The molecular formula is C37H51FN4O12. The Morgan fingerprint density at radius 3 is 1.83 bits per heavy atom. The molecule has 0 spiro atoms. The van der Waals surface area contributed by atoms with Crippen LogP contribution in [-0.4, -0.2) is 77.5 Å². The minimum atomic E-state index is -1.74. The predicted octanol–water partition coefficient (Wildman–Crippen LogP) is 3.42. The van der Waals surface area contributed by atoms with E-state index in [0.717, 1.165) is 25.7 Å². The summed E-state index contributed by atoms with van der Waals surface area (Å²) in [5.41, 5.74) is -1.83. The normalized spacial score (nSPS) is 17.9. The first-order valence-electron chi connectivity index (χ1n) is 18.4. The van der Waals surface area contributed by atoms with Gasteiger partial charge in [0, 0.05) is 11.8 Å². The lowest BCUT2D eigenvalue weighted by Gasteiger charge is -2.25. The molecule has 1 fully saturated rings. The van der Waals surface area contributed by atoms with Gasteiger partial charge in [-0.05, 0) is 31.2 Å². The number of nitrogens with one attached hydrogen (secondary N) is 3. The second-order valence-electron chi connectivity index (χ2n) is 12.9. The van der Waals surface area contributed by atoms with Gasteiger partial charge in [-0.2, -0.15) is 4.39 Å². The van der Waals surface area contributed by atoms with Crippen LogP contribution in [-0.2, 0) is 49.5 Å². The van der Waals surface area contributed by atoms with Crippen molar-refractivity contribution in [2.24, 2.45) is 11.8 Å². The molecular weight excluding hydrogens is 711 g/mol. The maximum Gasteiger partial charge on any atom is 0.508 e. The van der Waals surface area contributed by atoms with Gasteiger partial charge >= 0.3 is 23.8 Å². The summed E-state index contributed by atoms with van der Waals surface area (Å²) in [7, 11) is 0. The Morgan fingerprint density at radius 1 is 0.796 bits per heavy atom. The molecule has 4 atom stereocenters. The Kier molecular flexibility index (Phi) is 17.8. The Morgan fingerprint density at radius 2 is 1.31 bits per heavy atom. The Balaban J connectivity index is 1.89. The highest BCUT2D eigenvalue weighted by Crippen LogP contribution is 2.34. The van der Waals surface area contributed by atoms with E-state index in [1.807, 2.05) is 27.7 Å². The first-order valence-corrected chi connectivity index (χ1v) is 18.4. The number of carbonyl (C=O) groups excluding carboxylic acids is 5. The molecule has 3 N–H and O–H groups in total. The van der Waals surface area contributed by atoms with Crippen LogP contribution in [0.25, 0.3) is 0 Å². The fraction of sp³-hybridized carbons (Fsp3) is 0.595. The van der Waals surface area contributed by atoms with Crippen LogP contribution < -0.4 is 21.9 Å². The number of nitrogens with zero attached hydrogens (tertiary/aromatic N) is 1. The fourth-order valence-electron chi connectivity index (χ4n) is 6.09. The molecule has 1 aromatic heterocycles. The highest BCUT2D eigenvalue weighted by Gasteiger charge is 2.51. The van der Waals surface area contributed by atoms with Crippen LogP contribution >= 0.6 is 0 Å². The standard InChI is InChI=1S/C37H51FN4O12/c1-5-12-24(13-6-2)32(45)39-18-28(43)53-30-27(22-51-37(49)50-21-23-16-10-9-11-17-23)52-35(42-20-26(38)34(47)41-36(42)48)31(30)54-29(44)19-40-33(46)25(14-7-3)15-8-4/h9-11,16-17,20,24-25,27,30-31,35H,5-8,12-15,18-19,21-22H2,1-4H3,(H,39,45)(H,40,46)(H,41,47,48)/t27-,30-,31-,35-/m1/s1. The number of carbonyl (C=O) groups is 5. The van der Waals surface area contributed by atoms with E-state index in [1.54, 1.807) is 35.3 Å². The molecule has 298 valence electrons. The Hall–Kier alpha value is -5.06. The van der Waals surface area contributed by atoms with Gasteiger partial charge in [-0.15, -0.1) is 0 Å². The third-order valence-electron chi connectivity index (χ3n) is 8.69. The maximum absolute atomic E-state index is 14.5. The summed E-state index contributed by atoms with van der Waals surface area (Å²) in [6, 6.07) is 8.71. The number of aromatic amines is 1. The molecule has 0 bridgehead atoms. The van der Waals surface area contributed by atoms with Gasteiger partial charge < -0.3 is 34.3 Å². The van der Waals surface area contributed by atoms with Gasteiger partial charge in [0.2, 0.25) is 17.6 Å². The molecule has 1 aliphatic rings. The zero-order valence-corrected chi connectivity index (χ0v) is 31.1. The van der Waals surface area contributed by atoms with Crippen LogP contribution in [0.1, 0.15) is 90.9 Å².